The summed E-state index contributed by atoms with van der Waals surface area (Å²) in [5.74, 6) is -1.11. The second-order valence-corrected chi connectivity index (χ2v) is 8.33. The fourth-order valence-corrected chi connectivity index (χ4v) is 3.60. The Labute approximate surface area is 168 Å². The summed E-state index contributed by atoms with van der Waals surface area (Å²) in [6, 6.07) is 0. The van der Waals surface area contributed by atoms with Gasteiger partial charge in [-0.05, 0) is 72.6 Å². The molecule has 2 aliphatic carbocycles. The first-order valence-electron chi connectivity index (χ1n) is 9.37. The van der Waals surface area contributed by atoms with Crippen LogP contribution in [0.3, 0.4) is 0 Å². The first-order chi connectivity index (χ1) is 12.9. The van der Waals surface area contributed by atoms with E-state index in [4.69, 9.17) is 9.47 Å². The topological polar surface area (TPSA) is 52.6 Å². The van der Waals surface area contributed by atoms with Gasteiger partial charge in [-0.25, -0.2) is 9.59 Å². The van der Waals surface area contributed by atoms with Crippen LogP contribution in [0.15, 0.2) is 68.4 Å². The lowest BCUT2D eigenvalue weighted by Gasteiger charge is -2.21. The lowest BCUT2D eigenvalue weighted by atomic mass is 9.84. The number of allylic oxidation sites excluding steroid dienone is 10. The minimum atomic E-state index is -0.556. The van der Waals surface area contributed by atoms with Crippen LogP contribution in [0, 0.1) is 5.41 Å². The Morgan fingerprint density at radius 3 is 1.86 bits per heavy atom. The van der Waals surface area contributed by atoms with Gasteiger partial charge < -0.3 is 9.47 Å². The minimum absolute atomic E-state index is 0.0632. The van der Waals surface area contributed by atoms with E-state index >= 15 is 0 Å². The van der Waals surface area contributed by atoms with Gasteiger partial charge in [0.15, 0.2) is 0 Å². The molecule has 0 spiro atoms. The summed E-state index contributed by atoms with van der Waals surface area (Å²) in [5, 5.41) is 0. The van der Waals surface area contributed by atoms with Crippen LogP contribution in [-0.4, -0.2) is 26.2 Å². The van der Waals surface area contributed by atoms with Gasteiger partial charge >= 0.3 is 11.9 Å². The number of fused-ring (bicyclic) bond motifs is 1. The van der Waals surface area contributed by atoms with Crippen LogP contribution < -0.4 is 0 Å². The van der Waals surface area contributed by atoms with Gasteiger partial charge in [0.1, 0.15) is 0 Å². The molecule has 0 fully saturated rings. The number of esters is 2. The van der Waals surface area contributed by atoms with Crippen LogP contribution in [0.5, 0.6) is 0 Å². The number of ether oxygens (including phenoxy) is 2. The van der Waals surface area contributed by atoms with Crippen molar-refractivity contribution >= 4 is 11.9 Å². The highest BCUT2D eigenvalue weighted by molar-refractivity contribution is 6.09. The summed E-state index contributed by atoms with van der Waals surface area (Å²) in [6.45, 7) is 14.4. The van der Waals surface area contributed by atoms with Gasteiger partial charge in [-0.1, -0.05) is 32.9 Å². The average Bonchev–Trinajstić information content (AvgIpc) is 2.82. The maximum atomic E-state index is 12.8. The Bertz CT molecular complexity index is 922. The number of hydrogen-bond acceptors (Lipinski definition) is 4. The fourth-order valence-electron chi connectivity index (χ4n) is 3.60. The van der Waals surface area contributed by atoms with E-state index in [0.717, 1.165) is 39.0 Å². The third kappa shape index (κ3) is 3.82. The summed E-state index contributed by atoms with van der Waals surface area (Å²) in [4.78, 5) is 25.4. The molecule has 0 atom stereocenters. The zero-order valence-electron chi connectivity index (χ0n) is 18.4. The van der Waals surface area contributed by atoms with Crippen molar-refractivity contribution in [3.05, 3.63) is 68.4 Å². The standard InChI is InChI=1S/C24H30O4/c1-13-12-18(22(25)27-8)21(23(26)28-9)20-15(3)11-17(24(5,6)7)10-14(2)19(20)16(13)4/h10-12H,1-9H3. The third-order valence-corrected chi connectivity index (χ3v) is 5.29. The van der Waals surface area contributed by atoms with Crippen LogP contribution in [0.25, 0.3) is 0 Å². The van der Waals surface area contributed by atoms with Gasteiger partial charge in [0.05, 0.1) is 25.4 Å². The summed E-state index contributed by atoms with van der Waals surface area (Å²) < 4.78 is 10.1. The van der Waals surface area contributed by atoms with E-state index in [1.807, 2.05) is 27.7 Å². The Hall–Kier alpha value is -2.62. The molecule has 28 heavy (non-hydrogen) atoms. The van der Waals surface area contributed by atoms with Crippen molar-refractivity contribution in [2.75, 3.05) is 14.2 Å². The summed E-state index contributed by atoms with van der Waals surface area (Å²) in [6.07, 6.45) is 5.98. The Balaban J connectivity index is 3.05. The largest absolute Gasteiger partial charge is 0.465 e. The predicted molar refractivity (Wildman–Crippen MR) is 112 cm³/mol. The van der Waals surface area contributed by atoms with Crippen molar-refractivity contribution in [3.8, 4) is 0 Å². The van der Waals surface area contributed by atoms with E-state index in [1.165, 1.54) is 14.2 Å². The normalized spacial score (nSPS) is 18.0. The van der Waals surface area contributed by atoms with Crippen LogP contribution in [0.2, 0.25) is 0 Å². The van der Waals surface area contributed by atoms with Gasteiger partial charge in [-0.2, -0.15) is 0 Å². The molecule has 4 nitrogen and oxygen atoms in total. The zero-order valence-corrected chi connectivity index (χ0v) is 18.4. The van der Waals surface area contributed by atoms with Crippen molar-refractivity contribution in [1.82, 2.24) is 0 Å². The molecule has 0 aromatic rings. The molecule has 0 saturated heterocycles. The van der Waals surface area contributed by atoms with Crippen molar-refractivity contribution in [3.63, 3.8) is 0 Å². The molecule has 0 N–H and O–H groups in total. The average molecular weight is 383 g/mol. The number of methoxy groups -OCH3 is 2. The van der Waals surface area contributed by atoms with E-state index < -0.39 is 11.9 Å². The Kier molecular flexibility index (Phi) is 6.03. The SMILES string of the molecule is COC(=O)C1=CC(C)=C(C)C2=C(C)C=C(C(C)(C)C)C=C(C)C2=C1C(=O)OC. The Morgan fingerprint density at radius 2 is 1.36 bits per heavy atom. The predicted octanol–water partition coefficient (Wildman–Crippen LogP) is 5.15. The van der Waals surface area contributed by atoms with Crippen molar-refractivity contribution < 1.29 is 19.1 Å². The number of carbonyl (C=O) groups excluding carboxylic acids is 2. The van der Waals surface area contributed by atoms with Gasteiger partial charge in [-0.15, -0.1) is 0 Å². The van der Waals surface area contributed by atoms with Crippen LogP contribution in [0.4, 0.5) is 0 Å². The molecular formula is C24H30O4. The maximum absolute atomic E-state index is 12.8. The molecule has 2 rings (SSSR count). The number of hydrogen-bond donors (Lipinski definition) is 0. The quantitative estimate of drug-likeness (QED) is 0.620. The molecule has 0 aromatic carbocycles. The molecule has 0 unspecified atom stereocenters. The molecular weight excluding hydrogens is 352 g/mol. The molecule has 0 heterocycles. The highest BCUT2D eigenvalue weighted by Crippen LogP contribution is 2.43. The van der Waals surface area contributed by atoms with Crippen LogP contribution in [-0.2, 0) is 19.1 Å². The molecule has 2 aliphatic rings. The second kappa shape index (κ2) is 7.78. The highest BCUT2D eigenvalue weighted by Gasteiger charge is 2.33. The van der Waals surface area contributed by atoms with Crippen molar-refractivity contribution in [1.29, 1.82) is 0 Å². The van der Waals surface area contributed by atoms with E-state index in [1.54, 1.807) is 6.08 Å². The third-order valence-electron chi connectivity index (χ3n) is 5.29. The molecule has 0 saturated carbocycles. The van der Waals surface area contributed by atoms with Gasteiger partial charge in [0.2, 0.25) is 0 Å². The van der Waals surface area contributed by atoms with Crippen LogP contribution in [0.1, 0.15) is 48.5 Å². The van der Waals surface area contributed by atoms with Gasteiger partial charge in [0.25, 0.3) is 0 Å². The number of carbonyl (C=O) groups is 2. The molecule has 0 radical (unpaired) electrons. The van der Waals surface area contributed by atoms with E-state index in [2.05, 4.69) is 32.9 Å². The molecule has 0 aromatic heterocycles. The minimum Gasteiger partial charge on any atom is -0.465 e. The lowest BCUT2D eigenvalue weighted by molar-refractivity contribution is -0.139. The van der Waals surface area contributed by atoms with Crippen LogP contribution >= 0.6 is 0 Å². The molecule has 4 heteroatoms. The van der Waals surface area contributed by atoms with E-state index in [0.29, 0.717) is 0 Å². The summed E-state index contributed by atoms with van der Waals surface area (Å²) >= 11 is 0. The summed E-state index contributed by atoms with van der Waals surface area (Å²) in [7, 11) is 2.64. The van der Waals surface area contributed by atoms with Gasteiger partial charge in [0, 0.05) is 5.57 Å². The molecule has 150 valence electrons. The second-order valence-electron chi connectivity index (χ2n) is 8.33. The Morgan fingerprint density at radius 1 is 0.786 bits per heavy atom. The van der Waals surface area contributed by atoms with E-state index in [9.17, 15) is 9.59 Å². The monoisotopic (exact) mass is 382 g/mol. The first kappa shape index (κ1) is 21.7. The first-order valence-corrected chi connectivity index (χ1v) is 9.37. The van der Waals surface area contributed by atoms with E-state index in [-0.39, 0.29) is 16.6 Å². The molecule has 0 bridgehead atoms. The lowest BCUT2D eigenvalue weighted by Crippen LogP contribution is -2.18. The maximum Gasteiger partial charge on any atom is 0.339 e. The molecule has 0 aliphatic heterocycles. The highest BCUT2D eigenvalue weighted by atomic mass is 16.5. The smallest absolute Gasteiger partial charge is 0.339 e. The number of rotatable bonds is 2. The fraction of sp³-hybridized carbons (Fsp3) is 0.417. The van der Waals surface area contributed by atoms with Gasteiger partial charge in [-0.3, -0.25) is 0 Å². The zero-order chi connectivity index (χ0) is 21.4. The molecule has 0 amide bonds. The van der Waals surface area contributed by atoms with Crippen molar-refractivity contribution in [2.24, 2.45) is 5.41 Å². The summed E-state index contributed by atoms with van der Waals surface area (Å²) in [5.41, 5.74) is 7.14. The van der Waals surface area contributed by atoms with Crippen molar-refractivity contribution in [2.45, 2.75) is 48.5 Å².